The van der Waals surface area contributed by atoms with E-state index in [1.54, 1.807) is 0 Å². The first-order valence-corrected chi connectivity index (χ1v) is 2.00. The molecule has 17 heavy (non-hydrogen) atoms. The monoisotopic (exact) mass is 554 g/mol. The Morgan fingerprint density at radius 3 is 0.647 bits per heavy atom. The molecule has 0 unspecified atom stereocenters. The largest absolute Gasteiger partial charge is 2.00 e. The molecule has 0 rings (SSSR count). The Morgan fingerprint density at radius 2 is 0.647 bits per heavy atom. The maximum absolute atomic E-state index is 8.52. The first kappa shape index (κ1) is 144. The summed E-state index contributed by atoms with van der Waals surface area (Å²) in [5, 5.41) is 0. The topological polar surface area (TPSA) is 206 Å². The van der Waals surface area contributed by atoms with Crippen LogP contribution < -0.4 is 0 Å². The Kier molecular flexibility index (Phi) is 638. The van der Waals surface area contributed by atoms with E-state index in [-0.39, 0.29) is 145 Å². The zero-order valence-electron chi connectivity index (χ0n) is 6.66. The molecule has 0 radical (unpaired) electrons. The van der Waals surface area contributed by atoms with Crippen LogP contribution in [0.15, 0.2) is 0 Å². The molecule has 0 aromatic carbocycles. The zero-order valence-corrected chi connectivity index (χ0v) is 15.1. The van der Waals surface area contributed by atoms with Gasteiger partial charge in [0.1, 0.15) is 0 Å². The number of hydrogen-bond donors (Lipinski definition) is 0. The molecular formula is CH14Fe6O8S2+4. The van der Waals surface area contributed by atoms with Gasteiger partial charge in [-0.2, -0.15) is 13.5 Å². The van der Waals surface area contributed by atoms with E-state index in [0.717, 1.165) is 0 Å². The maximum Gasteiger partial charge on any atom is 2.00 e. The van der Waals surface area contributed by atoms with Crippen molar-refractivity contribution in [1.29, 1.82) is 0 Å². The SMILES string of the molecule is C.O.O.O.O.O=S(=O)([O-])[O-].S.[Fe+2].[Fe+2].[Fe+2].[Fe].[Fe].[Fe]. The van der Waals surface area contributed by atoms with Gasteiger partial charge in [-0.1, -0.05) is 7.43 Å². The average molecular weight is 553 g/mol. The molecular weight excluding hydrogens is 539 g/mol. The molecule has 0 aliphatic heterocycles. The van der Waals surface area contributed by atoms with Gasteiger partial charge in [0.05, 0.1) is 0 Å². The van der Waals surface area contributed by atoms with E-state index in [1.165, 1.54) is 0 Å². The van der Waals surface area contributed by atoms with E-state index in [0.29, 0.717) is 0 Å². The Hall–Kier alpha value is 3.18. The van der Waals surface area contributed by atoms with Gasteiger partial charge in [-0.05, 0) is 0 Å². The van der Waals surface area contributed by atoms with E-state index in [2.05, 4.69) is 0 Å². The van der Waals surface area contributed by atoms with Gasteiger partial charge in [0.2, 0.25) is 0 Å². The summed E-state index contributed by atoms with van der Waals surface area (Å²) in [6.45, 7) is 0. The van der Waals surface area contributed by atoms with E-state index in [9.17, 15) is 0 Å². The van der Waals surface area contributed by atoms with Gasteiger partial charge in [0.25, 0.3) is 0 Å². The molecule has 8 N–H and O–H groups in total. The van der Waals surface area contributed by atoms with Crippen molar-refractivity contribution < 1.29 is 142 Å². The normalized spacial score (nSPS) is 3.41. The fraction of sp³-hybridized carbons (Fsp3) is 1.00. The van der Waals surface area contributed by atoms with E-state index >= 15 is 0 Å². The maximum atomic E-state index is 8.52. The summed E-state index contributed by atoms with van der Waals surface area (Å²) in [5.41, 5.74) is 0. The second-order valence-corrected chi connectivity index (χ2v) is 1.22. The van der Waals surface area contributed by atoms with Gasteiger partial charge >= 0.3 is 51.2 Å². The molecule has 8 nitrogen and oxygen atoms in total. The Balaban J connectivity index is -0.00000000121. The molecule has 0 aromatic rings. The van der Waals surface area contributed by atoms with Crippen molar-refractivity contribution in [1.82, 2.24) is 0 Å². The summed E-state index contributed by atoms with van der Waals surface area (Å²) in [7, 11) is -5.17. The van der Waals surface area contributed by atoms with Gasteiger partial charge in [-0.25, -0.2) is 0 Å². The molecule has 122 valence electrons. The predicted octanol–water partition coefficient (Wildman–Crippen LogP) is -3.90. The van der Waals surface area contributed by atoms with Gasteiger partial charge in [-0.15, -0.1) is 0 Å². The summed E-state index contributed by atoms with van der Waals surface area (Å²) in [6, 6.07) is 0. The minimum Gasteiger partial charge on any atom is -0.759 e. The molecule has 16 heteroatoms. The van der Waals surface area contributed by atoms with Crippen molar-refractivity contribution in [2.75, 3.05) is 0 Å². The van der Waals surface area contributed by atoms with Crippen LogP contribution in [0.3, 0.4) is 0 Å². The summed E-state index contributed by atoms with van der Waals surface area (Å²) in [6.07, 6.45) is 0. The van der Waals surface area contributed by atoms with Crippen molar-refractivity contribution in [3.63, 3.8) is 0 Å². The minimum absolute atomic E-state index is 0. The number of rotatable bonds is 0. The molecule has 0 bridgehead atoms. The fourth-order valence-corrected chi connectivity index (χ4v) is 0. The second kappa shape index (κ2) is 75.2. The first-order valence-electron chi connectivity index (χ1n) is 0.667. The van der Waals surface area contributed by atoms with E-state index < -0.39 is 10.4 Å². The van der Waals surface area contributed by atoms with Crippen LogP contribution in [0.5, 0.6) is 0 Å². The molecule has 0 saturated carbocycles. The summed E-state index contributed by atoms with van der Waals surface area (Å²) in [5.74, 6) is 0. The van der Waals surface area contributed by atoms with E-state index in [1.807, 2.05) is 0 Å². The van der Waals surface area contributed by atoms with Crippen molar-refractivity contribution >= 4 is 23.9 Å². The molecule has 0 aliphatic rings. The van der Waals surface area contributed by atoms with Crippen LogP contribution in [0.1, 0.15) is 7.43 Å². The molecule has 0 aliphatic carbocycles. The molecule has 0 atom stereocenters. The Labute approximate surface area is 171 Å². The smallest absolute Gasteiger partial charge is 0.759 e. The summed E-state index contributed by atoms with van der Waals surface area (Å²) < 4.78 is 34.1. The van der Waals surface area contributed by atoms with Gasteiger partial charge in [0.15, 0.2) is 0 Å². The third-order valence-electron chi connectivity index (χ3n) is 0. The van der Waals surface area contributed by atoms with Crippen LogP contribution in [0.25, 0.3) is 0 Å². The molecule has 0 aromatic heterocycles. The summed E-state index contributed by atoms with van der Waals surface area (Å²) in [4.78, 5) is 0. The van der Waals surface area contributed by atoms with Crippen molar-refractivity contribution in [2.45, 2.75) is 7.43 Å². The van der Waals surface area contributed by atoms with Crippen LogP contribution in [0.2, 0.25) is 0 Å². The zero-order chi connectivity index (χ0) is 4.50. The first-order chi connectivity index (χ1) is 2.00. The second-order valence-electron chi connectivity index (χ2n) is 0.408. The molecule has 0 fully saturated rings. The van der Waals surface area contributed by atoms with E-state index in [4.69, 9.17) is 17.5 Å². The fourth-order valence-electron chi connectivity index (χ4n) is 0. The van der Waals surface area contributed by atoms with Crippen LogP contribution in [0.4, 0.5) is 0 Å². The summed E-state index contributed by atoms with van der Waals surface area (Å²) >= 11 is 0. The molecule has 0 amide bonds. The number of hydrogen-bond acceptors (Lipinski definition) is 4. The van der Waals surface area contributed by atoms with Gasteiger partial charge in [0, 0.05) is 61.6 Å². The standard InChI is InChI=1S/CH4.6Fe.H2O4S.4H2O.H2S/c;;;;;;;1-5(2,3)4;;;;;/h1H4;;;;;;;(H2,1,2,3,4);5*1H2/q;;;;3*+2;;;;;;/p-2. The predicted molar refractivity (Wildman–Crippen MR) is 42.0 cm³/mol. The molecule has 0 spiro atoms. The van der Waals surface area contributed by atoms with Crippen molar-refractivity contribution in [3.8, 4) is 0 Å². The van der Waals surface area contributed by atoms with Crippen LogP contribution in [-0.4, -0.2) is 39.4 Å². The quantitative estimate of drug-likeness (QED) is 0.167. The molecule has 0 heterocycles. The van der Waals surface area contributed by atoms with Crippen molar-refractivity contribution in [3.05, 3.63) is 0 Å². The third kappa shape index (κ3) is 561. The molecule has 0 saturated heterocycles. The Bertz CT molecular complexity index is 111. The van der Waals surface area contributed by atoms with Gasteiger partial charge < -0.3 is 31.0 Å². The third-order valence-corrected chi connectivity index (χ3v) is 0. The van der Waals surface area contributed by atoms with Crippen LogP contribution >= 0.6 is 13.5 Å². The van der Waals surface area contributed by atoms with Crippen molar-refractivity contribution in [2.24, 2.45) is 0 Å². The van der Waals surface area contributed by atoms with Crippen LogP contribution in [-0.2, 0) is 113 Å². The average Bonchev–Trinajstić information content (AvgIpc) is 0.722. The van der Waals surface area contributed by atoms with Gasteiger partial charge in [-0.3, -0.25) is 8.42 Å². The van der Waals surface area contributed by atoms with Crippen LogP contribution in [0, 0.1) is 0 Å². The Morgan fingerprint density at radius 1 is 0.647 bits per heavy atom. The minimum atomic E-state index is -5.17.